The van der Waals surface area contributed by atoms with Crippen LogP contribution in [0.4, 0.5) is 29.0 Å². The van der Waals surface area contributed by atoms with E-state index in [0.717, 1.165) is 25.7 Å². The summed E-state index contributed by atoms with van der Waals surface area (Å²) in [5.74, 6) is 0.433. The molecule has 0 bridgehead atoms. The van der Waals surface area contributed by atoms with Crippen molar-refractivity contribution in [3.63, 3.8) is 0 Å². The van der Waals surface area contributed by atoms with Gasteiger partial charge in [-0.15, -0.1) is 0 Å². The smallest absolute Gasteiger partial charge is 0.276 e. The van der Waals surface area contributed by atoms with Gasteiger partial charge in [-0.3, -0.25) is 52.3 Å². The number of primary amides is 1. The quantitative estimate of drug-likeness (QED) is 0.0757. The van der Waals surface area contributed by atoms with Crippen LogP contribution >= 0.6 is 66.7 Å². The van der Waals surface area contributed by atoms with Gasteiger partial charge in [-0.2, -0.15) is 0 Å². The van der Waals surface area contributed by atoms with E-state index < -0.39 is 39.7 Å². The Morgan fingerprint density at radius 2 is 1.05 bits per heavy atom. The molecular weight excluding hydrogens is 1230 g/mol. The molecule has 4 aliphatic rings. The number of fused-ring (bicyclic) bond motifs is 2. The number of rotatable bonds is 7. The SMILES string of the molecule is CC(=O)C(C)(C)C.CC(C)(C)C1(C)NC(=O)c2c(Cl)cc(Br)c(=O)n21.CC(C)(C)C1(C)NC(=O)c2c(Cl)cc(Nc3cc(NC(=O)C4CC4)ncn3)c(=O)n21.NC(=O)c1[nH]c(=O)c(Br)cc1Cl.Nc1cc(NC(=O)C2CC2)ncn1. The van der Waals surface area contributed by atoms with Gasteiger partial charge in [0.1, 0.15) is 75.8 Å². The number of carbonyl (C=O) groups excluding carboxylic acids is 6. The first-order valence-electron chi connectivity index (χ1n) is 24.7. The van der Waals surface area contributed by atoms with Gasteiger partial charge < -0.3 is 43.0 Å². The number of nitrogen functional groups attached to an aromatic ring is 1. The summed E-state index contributed by atoms with van der Waals surface area (Å²) in [5, 5.41) is 14.7. The number of nitrogens with one attached hydrogen (secondary N) is 6. The number of Topliss-reactive ketones (excluding diaryl/α,β-unsaturated/α-hetero) is 1. The van der Waals surface area contributed by atoms with Crippen LogP contribution in [0.15, 0.2) is 66.3 Å². The van der Waals surface area contributed by atoms with Crippen molar-refractivity contribution in [1.29, 1.82) is 0 Å². The van der Waals surface area contributed by atoms with Crippen LogP contribution in [0.2, 0.25) is 15.1 Å². The molecule has 0 spiro atoms. The van der Waals surface area contributed by atoms with E-state index in [2.05, 4.69) is 83.4 Å². The van der Waals surface area contributed by atoms with E-state index in [0.29, 0.717) is 27.7 Å². The monoisotopic (exact) mass is 1290 g/mol. The molecule has 0 aromatic carbocycles. The number of carbonyl (C=O) groups is 6. The lowest BCUT2D eigenvalue weighted by atomic mass is 9.82. The minimum atomic E-state index is -0.965. The molecule has 23 nitrogen and oxygen atoms in total. The van der Waals surface area contributed by atoms with Crippen LogP contribution in [0, 0.1) is 28.1 Å². The van der Waals surface area contributed by atoms with Crippen molar-refractivity contribution in [1.82, 2.24) is 44.7 Å². The highest BCUT2D eigenvalue weighted by Gasteiger charge is 2.50. The minimum absolute atomic E-state index is 0.0260. The molecule has 80 heavy (non-hydrogen) atoms. The minimum Gasteiger partial charge on any atom is -0.384 e. The Morgan fingerprint density at radius 1 is 0.637 bits per heavy atom. The third-order valence-electron chi connectivity index (χ3n) is 13.5. The number of nitrogens with zero attached hydrogens (tertiary/aromatic N) is 6. The summed E-state index contributed by atoms with van der Waals surface area (Å²) in [6, 6.07) is 7.27. The first-order chi connectivity index (χ1) is 36.8. The Balaban J connectivity index is 0.000000201. The molecule has 7 heterocycles. The predicted octanol–water partition coefficient (Wildman–Crippen LogP) is 8.49. The fraction of sp³-hybridized carbons (Fsp3) is 0.442. The van der Waals surface area contributed by atoms with Gasteiger partial charge >= 0.3 is 0 Å². The Bertz CT molecular complexity index is 3470. The highest BCUT2D eigenvalue weighted by Crippen LogP contribution is 2.42. The summed E-state index contributed by atoms with van der Waals surface area (Å²) in [5.41, 5.74) is 6.98. The molecule has 2 unspecified atom stereocenters. The number of H-pyrrole nitrogens is 1. The zero-order chi connectivity index (χ0) is 60.4. The first kappa shape index (κ1) is 64.3. The van der Waals surface area contributed by atoms with Crippen LogP contribution in [-0.4, -0.2) is 69.4 Å². The molecule has 430 valence electrons. The van der Waals surface area contributed by atoms with Crippen LogP contribution < -0.4 is 54.7 Å². The Hall–Kier alpha value is -6.54. The highest BCUT2D eigenvalue weighted by molar-refractivity contribution is 9.10. The fourth-order valence-electron chi connectivity index (χ4n) is 7.10. The van der Waals surface area contributed by atoms with Gasteiger partial charge in [0.15, 0.2) is 0 Å². The topological polar surface area (TPSA) is 343 Å². The number of aromatic amines is 1. The number of amides is 5. The molecule has 10 N–H and O–H groups in total. The maximum Gasteiger partial charge on any atom is 0.276 e. The number of halogens is 5. The van der Waals surface area contributed by atoms with Crippen molar-refractivity contribution >= 4 is 131 Å². The lowest BCUT2D eigenvalue weighted by molar-refractivity contribution is -0.124. The van der Waals surface area contributed by atoms with Gasteiger partial charge in [0.2, 0.25) is 11.8 Å². The van der Waals surface area contributed by atoms with Crippen LogP contribution in [-0.2, 0) is 25.7 Å². The van der Waals surface area contributed by atoms with E-state index in [1.54, 1.807) is 19.9 Å². The molecule has 0 radical (unpaired) electrons. The zero-order valence-corrected chi connectivity index (χ0v) is 51.4. The number of anilines is 5. The molecule has 5 aromatic rings. The van der Waals surface area contributed by atoms with Crippen molar-refractivity contribution in [3.05, 3.63) is 115 Å². The third kappa shape index (κ3) is 15.1. The second-order valence-corrected chi connectivity index (χ2v) is 25.3. The number of aromatic nitrogens is 7. The summed E-state index contributed by atoms with van der Waals surface area (Å²) >= 11 is 24.2. The second-order valence-electron chi connectivity index (χ2n) is 22.4. The van der Waals surface area contributed by atoms with Gasteiger partial charge in [-0.25, -0.2) is 19.9 Å². The van der Waals surface area contributed by atoms with Crippen molar-refractivity contribution in [2.24, 2.45) is 33.8 Å². The Labute approximate surface area is 492 Å². The van der Waals surface area contributed by atoms with Crippen molar-refractivity contribution in [3.8, 4) is 0 Å². The molecule has 9 rings (SSSR count). The summed E-state index contributed by atoms with van der Waals surface area (Å²) in [6.07, 6.45) is 6.34. The van der Waals surface area contributed by atoms with Gasteiger partial charge in [0.25, 0.3) is 34.4 Å². The summed E-state index contributed by atoms with van der Waals surface area (Å²) in [4.78, 5) is 123. The number of pyridine rings is 3. The standard InChI is InChI=1S/C20H23ClN6O3.C12H14BrClN2O2.C8H10N4O.C6H4BrClN2O2.C6H12O/c1-19(2,3)20(4)26-17(29)15-11(21)7-12(18(30)27(15)20)24-13-8-14(23-9-22-13)25-16(28)10-5-6-10;1-11(2,3)12(4)15-9(17)8-7(14)5-6(13)10(18)16(8)12;9-6-3-7(11-4-10-6)12-8(13)5-1-2-5;7-2-1-3(8)4(5(9)11)10-6(2)12;1-5(7)6(2,3)4/h7-10H,5-6H2,1-4H3,(H,26,29)(H2,22,23,24,25,28);5H,1-4H3,(H,15,17);3-5H,1-2H2,(H3,9,10,11,12,13);1H,(H2,9,11)(H,10,12);1-4H3. The number of hydrogen-bond acceptors (Lipinski definition) is 15. The van der Waals surface area contributed by atoms with Crippen LogP contribution in [0.25, 0.3) is 0 Å². The van der Waals surface area contributed by atoms with Crippen molar-refractivity contribution in [2.75, 3.05) is 21.7 Å². The Kier molecular flexibility index (Phi) is 19.8. The maximum absolute atomic E-state index is 13.3. The lowest BCUT2D eigenvalue weighted by Crippen LogP contribution is -2.54. The maximum atomic E-state index is 13.3. The van der Waals surface area contributed by atoms with Gasteiger partial charge in [-0.05, 0) is 96.5 Å². The fourth-order valence-corrected chi connectivity index (χ4v) is 8.91. The van der Waals surface area contributed by atoms with Crippen LogP contribution in [0.1, 0.15) is 140 Å². The summed E-state index contributed by atoms with van der Waals surface area (Å²) < 4.78 is 3.46. The Morgan fingerprint density at radius 3 is 1.48 bits per heavy atom. The molecule has 2 atom stereocenters. The number of hydrogen-bond donors (Lipinski definition) is 8. The molecule has 5 amide bonds. The first-order valence-corrected chi connectivity index (χ1v) is 27.4. The van der Waals surface area contributed by atoms with E-state index in [4.69, 9.17) is 46.3 Å². The number of nitrogens with two attached hydrogens (primary N) is 2. The zero-order valence-electron chi connectivity index (χ0n) is 45.9. The van der Waals surface area contributed by atoms with E-state index in [9.17, 15) is 43.2 Å². The van der Waals surface area contributed by atoms with Crippen molar-refractivity contribution < 1.29 is 28.8 Å². The molecule has 5 aromatic heterocycles. The average molecular weight is 1290 g/mol. The molecule has 2 fully saturated rings. The summed E-state index contributed by atoms with van der Waals surface area (Å²) in [7, 11) is 0. The van der Waals surface area contributed by atoms with Crippen LogP contribution in [0.3, 0.4) is 0 Å². The third-order valence-corrected chi connectivity index (χ3v) is 15.5. The molecule has 0 saturated heterocycles. The van der Waals surface area contributed by atoms with Crippen LogP contribution in [0.5, 0.6) is 0 Å². The van der Waals surface area contributed by atoms with E-state index >= 15 is 0 Å². The molecule has 2 aliphatic heterocycles. The second kappa shape index (κ2) is 24.7. The molecule has 2 aliphatic carbocycles. The normalized spacial score (nSPS) is 17.8. The molecule has 2 saturated carbocycles. The van der Waals surface area contributed by atoms with Gasteiger partial charge in [0.05, 0.1) is 24.0 Å². The summed E-state index contributed by atoms with van der Waals surface area (Å²) in [6.45, 7) is 22.6. The molecular formula is C52H63Br2Cl3N14O9. The lowest BCUT2D eigenvalue weighted by Gasteiger charge is -2.40. The highest BCUT2D eigenvalue weighted by atomic mass is 79.9. The largest absolute Gasteiger partial charge is 0.384 e. The van der Waals surface area contributed by atoms with Crippen molar-refractivity contribution in [2.45, 2.75) is 120 Å². The van der Waals surface area contributed by atoms with E-state index in [1.807, 2.05) is 69.2 Å². The number of ketones is 1. The average Bonchev–Trinajstić information content (AvgIpc) is 4.39. The van der Waals surface area contributed by atoms with Gasteiger partial charge in [0, 0.05) is 40.2 Å². The van der Waals surface area contributed by atoms with Gasteiger partial charge in [-0.1, -0.05) is 97.1 Å². The predicted molar refractivity (Wildman–Crippen MR) is 313 cm³/mol. The molecule has 28 heteroatoms. The van der Waals surface area contributed by atoms with E-state index in [1.165, 1.54) is 46.1 Å². The van der Waals surface area contributed by atoms with E-state index in [-0.39, 0.29) is 94.0 Å².